The monoisotopic (exact) mass is 283 g/mol. The summed E-state index contributed by atoms with van der Waals surface area (Å²) in [5.74, 6) is 0.0432. The van der Waals surface area contributed by atoms with Crippen molar-refractivity contribution in [1.29, 1.82) is 0 Å². The summed E-state index contributed by atoms with van der Waals surface area (Å²) in [5, 5.41) is 2.67. The van der Waals surface area contributed by atoms with Gasteiger partial charge >= 0.3 is 6.09 Å². The first-order valence-corrected chi connectivity index (χ1v) is 7.08. The van der Waals surface area contributed by atoms with Gasteiger partial charge in [0, 0.05) is 17.3 Å². The van der Waals surface area contributed by atoms with E-state index in [4.69, 9.17) is 4.74 Å². The first kappa shape index (κ1) is 15.7. The van der Waals surface area contributed by atoms with Crippen molar-refractivity contribution in [3.05, 3.63) is 21.9 Å². The number of alkyl carbamates (subject to hydrolysis) is 1. The number of aryl methyl sites for hydroxylation is 1. The van der Waals surface area contributed by atoms with Crippen LogP contribution in [0.25, 0.3) is 0 Å². The van der Waals surface area contributed by atoms with E-state index in [0.29, 0.717) is 0 Å². The van der Waals surface area contributed by atoms with Crippen LogP contribution in [0.1, 0.15) is 48.7 Å². The minimum absolute atomic E-state index is 0.0432. The van der Waals surface area contributed by atoms with Crippen molar-refractivity contribution >= 4 is 23.2 Å². The number of Topliss-reactive ketones (excluding diaryl/α,β-unsaturated/α-hetero) is 1. The van der Waals surface area contributed by atoms with E-state index in [-0.39, 0.29) is 18.2 Å². The third kappa shape index (κ3) is 5.87. The van der Waals surface area contributed by atoms with Gasteiger partial charge < -0.3 is 10.1 Å². The highest BCUT2D eigenvalue weighted by molar-refractivity contribution is 7.14. The molecule has 0 saturated carbocycles. The number of amides is 1. The van der Waals surface area contributed by atoms with Gasteiger partial charge in [-0.25, -0.2) is 4.79 Å². The SMILES string of the molecule is Cc1ccc(C(=O)CC(C)NC(=O)OC(C)(C)C)s1. The first-order chi connectivity index (χ1) is 8.67. The lowest BCUT2D eigenvalue weighted by molar-refractivity contribution is 0.0506. The van der Waals surface area contributed by atoms with Gasteiger partial charge in [-0.3, -0.25) is 4.79 Å². The first-order valence-electron chi connectivity index (χ1n) is 6.26. The number of hydrogen-bond donors (Lipinski definition) is 1. The van der Waals surface area contributed by atoms with Crippen LogP contribution in [0.3, 0.4) is 0 Å². The Kier molecular flexibility index (Phi) is 5.11. The van der Waals surface area contributed by atoms with Crippen molar-refractivity contribution in [1.82, 2.24) is 5.32 Å². The Morgan fingerprint density at radius 2 is 2.00 bits per heavy atom. The highest BCUT2D eigenvalue weighted by atomic mass is 32.1. The number of carbonyl (C=O) groups is 2. The van der Waals surface area contributed by atoms with Gasteiger partial charge in [-0.05, 0) is 46.8 Å². The molecular weight excluding hydrogens is 262 g/mol. The second-order valence-electron chi connectivity index (χ2n) is 5.58. The lowest BCUT2D eigenvalue weighted by atomic mass is 10.1. The number of ether oxygens (including phenoxy) is 1. The molecule has 0 fully saturated rings. The highest BCUT2D eigenvalue weighted by Gasteiger charge is 2.19. The number of rotatable bonds is 4. The molecule has 0 aliphatic heterocycles. The van der Waals surface area contributed by atoms with Crippen LogP contribution in [0.4, 0.5) is 4.79 Å². The fourth-order valence-electron chi connectivity index (χ4n) is 1.52. The van der Waals surface area contributed by atoms with Crippen LogP contribution in [0.5, 0.6) is 0 Å². The molecule has 0 bridgehead atoms. The van der Waals surface area contributed by atoms with E-state index < -0.39 is 11.7 Å². The zero-order valence-electron chi connectivity index (χ0n) is 12.1. The van der Waals surface area contributed by atoms with Crippen molar-refractivity contribution in [3.8, 4) is 0 Å². The van der Waals surface area contributed by atoms with E-state index in [1.54, 1.807) is 27.7 Å². The van der Waals surface area contributed by atoms with Gasteiger partial charge in [0.05, 0.1) is 4.88 Å². The molecule has 106 valence electrons. The van der Waals surface area contributed by atoms with Crippen LogP contribution in [-0.4, -0.2) is 23.5 Å². The summed E-state index contributed by atoms with van der Waals surface area (Å²) < 4.78 is 5.14. The molecule has 0 radical (unpaired) electrons. The van der Waals surface area contributed by atoms with E-state index in [1.807, 2.05) is 19.1 Å². The van der Waals surface area contributed by atoms with Crippen LogP contribution >= 0.6 is 11.3 Å². The minimum Gasteiger partial charge on any atom is -0.444 e. The van der Waals surface area contributed by atoms with Crippen molar-refractivity contribution < 1.29 is 14.3 Å². The van der Waals surface area contributed by atoms with E-state index in [0.717, 1.165) is 9.75 Å². The summed E-state index contributed by atoms with van der Waals surface area (Å²) in [4.78, 5) is 25.3. The summed E-state index contributed by atoms with van der Waals surface area (Å²) in [6, 6.07) is 3.50. The Balaban J connectivity index is 2.45. The van der Waals surface area contributed by atoms with Crippen LogP contribution in [0.15, 0.2) is 12.1 Å². The van der Waals surface area contributed by atoms with E-state index in [1.165, 1.54) is 11.3 Å². The van der Waals surface area contributed by atoms with Gasteiger partial charge in [0.25, 0.3) is 0 Å². The molecule has 0 aliphatic rings. The van der Waals surface area contributed by atoms with Crippen LogP contribution < -0.4 is 5.32 Å². The molecule has 5 heteroatoms. The lowest BCUT2D eigenvalue weighted by Gasteiger charge is -2.21. The molecule has 1 amide bonds. The van der Waals surface area contributed by atoms with Gasteiger partial charge in [0.1, 0.15) is 5.60 Å². The topological polar surface area (TPSA) is 55.4 Å². The third-order valence-electron chi connectivity index (χ3n) is 2.27. The summed E-state index contributed by atoms with van der Waals surface area (Å²) in [7, 11) is 0. The minimum atomic E-state index is -0.529. The molecule has 0 aliphatic carbocycles. The number of thiophene rings is 1. The maximum absolute atomic E-state index is 12.0. The van der Waals surface area contributed by atoms with Crippen molar-refractivity contribution in [2.45, 2.75) is 52.7 Å². The summed E-state index contributed by atoms with van der Waals surface area (Å²) in [6.07, 6.45) is -0.214. The molecule has 1 atom stereocenters. The molecule has 0 aromatic carbocycles. The Morgan fingerprint density at radius 3 is 2.47 bits per heavy atom. The summed E-state index contributed by atoms with van der Waals surface area (Å²) in [6.45, 7) is 9.16. The smallest absolute Gasteiger partial charge is 0.407 e. The fraction of sp³-hybridized carbons (Fsp3) is 0.571. The Labute approximate surface area is 118 Å². The molecular formula is C14H21NO3S. The second-order valence-corrected chi connectivity index (χ2v) is 6.87. The predicted molar refractivity (Wildman–Crippen MR) is 76.8 cm³/mol. The zero-order valence-corrected chi connectivity index (χ0v) is 12.9. The molecule has 0 saturated heterocycles. The van der Waals surface area contributed by atoms with Crippen molar-refractivity contribution in [3.63, 3.8) is 0 Å². The zero-order chi connectivity index (χ0) is 14.6. The fourth-order valence-corrected chi connectivity index (χ4v) is 2.34. The second kappa shape index (κ2) is 6.19. The maximum atomic E-state index is 12.0. The van der Waals surface area contributed by atoms with Gasteiger partial charge in [-0.2, -0.15) is 0 Å². The van der Waals surface area contributed by atoms with E-state index in [9.17, 15) is 9.59 Å². The largest absolute Gasteiger partial charge is 0.444 e. The Bertz CT molecular complexity index is 460. The average molecular weight is 283 g/mol. The van der Waals surface area contributed by atoms with E-state index >= 15 is 0 Å². The molecule has 19 heavy (non-hydrogen) atoms. The highest BCUT2D eigenvalue weighted by Crippen LogP contribution is 2.17. The molecule has 1 N–H and O–H groups in total. The van der Waals surface area contributed by atoms with Gasteiger partial charge in [-0.15, -0.1) is 11.3 Å². The van der Waals surface area contributed by atoms with Gasteiger partial charge in [0.2, 0.25) is 0 Å². The summed E-state index contributed by atoms with van der Waals surface area (Å²) in [5.41, 5.74) is -0.529. The lowest BCUT2D eigenvalue weighted by Crippen LogP contribution is -2.38. The predicted octanol–water partition coefficient (Wildman–Crippen LogP) is 3.54. The van der Waals surface area contributed by atoms with Crippen molar-refractivity contribution in [2.24, 2.45) is 0 Å². The molecule has 1 unspecified atom stereocenters. The Hall–Kier alpha value is -1.36. The quantitative estimate of drug-likeness (QED) is 0.860. The molecule has 1 aromatic rings. The molecule has 4 nitrogen and oxygen atoms in total. The molecule has 1 heterocycles. The van der Waals surface area contributed by atoms with Gasteiger partial charge in [0.15, 0.2) is 5.78 Å². The molecule has 0 spiro atoms. The standard InChI is InChI=1S/C14H21NO3S/c1-9(15-13(17)18-14(3,4)5)8-11(16)12-7-6-10(2)19-12/h6-7,9H,8H2,1-5H3,(H,15,17). The number of hydrogen-bond acceptors (Lipinski definition) is 4. The third-order valence-corrected chi connectivity index (χ3v) is 3.31. The molecule has 1 rings (SSSR count). The Morgan fingerprint density at radius 1 is 1.37 bits per heavy atom. The van der Waals surface area contributed by atoms with Crippen molar-refractivity contribution in [2.75, 3.05) is 0 Å². The van der Waals surface area contributed by atoms with Crippen LogP contribution in [-0.2, 0) is 4.74 Å². The number of ketones is 1. The van der Waals surface area contributed by atoms with Gasteiger partial charge in [-0.1, -0.05) is 0 Å². The average Bonchev–Trinajstić information content (AvgIpc) is 2.61. The van der Waals surface area contributed by atoms with E-state index in [2.05, 4.69) is 5.32 Å². The normalized spacial score (nSPS) is 12.9. The molecule has 1 aromatic heterocycles. The summed E-state index contributed by atoms with van der Waals surface area (Å²) >= 11 is 1.47. The number of carbonyl (C=O) groups excluding carboxylic acids is 2. The van der Waals surface area contributed by atoms with Crippen LogP contribution in [0, 0.1) is 6.92 Å². The van der Waals surface area contributed by atoms with Crippen LogP contribution in [0.2, 0.25) is 0 Å². The maximum Gasteiger partial charge on any atom is 0.407 e. The number of nitrogens with one attached hydrogen (secondary N) is 1.